The third kappa shape index (κ3) is 5.36. The van der Waals surface area contributed by atoms with Crippen LogP contribution < -0.4 is 5.32 Å². The average Bonchev–Trinajstić information content (AvgIpc) is 2.81. The fourth-order valence-corrected chi connectivity index (χ4v) is 1.70. The van der Waals surface area contributed by atoms with Gasteiger partial charge in [-0.25, -0.2) is 4.79 Å². The van der Waals surface area contributed by atoms with Crippen LogP contribution in [0.25, 0.3) is 0 Å². The van der Waals surface area contributed by atoms with Crippen molar-refractivity contribution in [2.45, 2.75) is 39.7 Å². The monoisotopic (exact) mass is 253 g/mol. The van der Waals surface area contributed by atoms with Crippen molar-refractivity contribution in [3.63, 3.8) is 0 Å². The van der Waals surface area contributed by atoms with Gasteiger partial charge < -0.3 is 14.5 Å². The molecule has 0 aliphatic heterocycles. The first-order valence-electron chi connectivity index (χ1n) is 6.51. The van der Waals surface area contributed by atoms with Crippen molar-refractivity contribution in [2.75, 3.05) is 13.7 Å². The summed E-state index contributed by atoms with van der Waals surface area (Å²) < 4.78 is 9.92. The van der Waals surface area contributed by atoms with Crippen molar-refractivity contribution in [1.82, 2.24) is 5.32 Å². The first kappa shape index (κ1) is 14.8. The van der Waals surface area contributed by atoms with Crippen LogP contribution in [0.1, 0.15) is 49.4 Å². The third-order valence-electron chi connectivity index (χ3n) is 2.73. The van der Waals surface area contributed by atoms with Crippen LogP contribution >= 0.6 is 0 Å². The molecule has 0 saturated heterocycles. The summed E-state index contributed by atoms with van der Waals surface area (Å²) in [6.45, 7) is 6.11. The molecule has 102 valence electrons. The number of carbonyl (C=O) groups is 1. The Morgan fingerprint density at radius 1 is 1.39 bits per heavy atom. The van der Waals surface area contributed by atoms with E-state index in [9.17, 15) is 4.79 Å². The van der Waals surface area contributed by atoms with E-state index in [1.807, 2.05) is 0 Å². The van der Waals surface area contributed by atoms with E-state index < -0.39 is 5.97 Å². The Labute approximate surface area is 109 Å². The topological polar surface area (TPSA) is 51.5 Å². The van der Waals surface area contributed by atoms with E-state index in [2.05, 4.69) is 23.9 Å². The molecular weight excluding hydrogens is 230 g/mol. The summed E-state index contributed by atoms with van der Waals surface area (Å²) in [5, 5.41) is 3.30. The molecule has 0 fully saturated rings. The van der Waals surface area contributed by atoms with Gasteiger partial charge in [0.1, 0.15) is 5.76 Å². The molecule has 1 N–H and O–H groups in total. The summed E-state index contributed by atoms with van der Waals surface area (Å²) in [7, 11) is 1.34. The summed E-state index contributed by atoms with van der Waals surface area (Å²) in [5.74, 6) is 1.37. The lowest BCUT2D eigenvalue weighted by Gasteiger charge is -2.05. The molecular formula is C14H23NO3. The molecule has 1 heterocycles. The molecule has 0 aliphatic rings. The van der Waals surface area contributed by atoms with Gasteiger partial charge >= 0.3 is 5.97 Å². The van der Waals surface area contributed by atoms with Crippen molar-refractivity contribution < 1.29 is 13.9 Å². The Bertz CT molecular complexity index is 358. The number of nitrogens with one attached hydrogen (secondary N) is 1. The van der Waals surface area contributed by atoms with Gasteiger partial charge in [0.2, 0.25) is 5.76 Å². The minimum Gasteiger partial charge on any atom is -0.463 e. The summed E-state index contributed by atoms with van der Waals surface area (Å²) in [6.07, 6.45) is 3.69. The number of carbonyl (C=O) groups excluding carboxylic acids is 1. The zero-order valence-electron chi connectivity index (χ0n) is 11.5. The quantitative estimate of drug-likeness (QED) is 0.571. The van der Waals surface area contributed by atoms with Gasteiger partial charge in [-0.3, -0.25) is 0 Å². The molecule has 0 radical (unpaired) electrons. The first-order chi connectivity index (χ1) is 8.63. The fourth-order valence-electron chi connectivity index (χ4n) is 1.70. The lowest BCUT2D eigenvalue weighted by Crippen LogP contribution is -2.14. The Balaban J connectivity index is 2.16. The second-order valence-corrected chi connectivity index (χ2v) is 4.82. The lowest BCUT2D eigenvalue weighted by atomic mass is 10.1. The van der Waals surface area contributed by atoms with Crippen LogP contribution in [0.3, 0.4) is 0 Å². The van der Waals surface area contributed by atoms with Gasteiger partial charge in [0.15, 0.2) is 0 Å². The van der Waals surface area contributed by atoms with Crippen LogP contribution in [0.2, 0.25) is 0 Å². The number of hydrogen-bond acceptors (Lipinski definition) is 4. The second-order valence-electron chi connectivity index (χ2n) is 4.82. The van der Waals surface area contributed by atoms with E-state index in [0.717, 1.165) is 18.2 Å². The van der Waals surface area contributed by atoms with Crippen LogP contribution in [0.5, 0.6) is 0 Å². The Morgan fingerprint density at radius 3 is 2.83 bits per heavy atom. The minimum absolute atomic E-state index is 0.258. The molecule has 1 aromatic rings. The normalized spacial score (nSPS) is 10.9. The van der Waals surface area contributed by atoms with Gasteiger partial charge in [-0.05, 0) is 31.0 Å². The second kappa shape index (κ2) is 7.93. The lowest BCUT2D eigenvalue weighted by molar-refractivity contribution is 0.0563. The molecule has 0 amide bonds. The van der Waals surface area contributed by atoms with Crippen molar-refractivity contribution in [1.29, 1.82) is 0 Å². The van der Waals surface area contributed by atoms with Gasteiger partial charge in [0.25, 0.3) is 0 Å². The van der Waals surface area contributed by atoms with Crippen LogP contribution in [0.4, 0.5) is 0 Å². The van der Waals surface area contributed by atoms with Gasteiger partial charge in [0, 0.05) is 0 Å². The smallest absolute Gasteiger partial charge is 0.373 e. The molecule has 0 unspecified atom stereocenters. The molecule has 1 aromatic heterocycles. The summed E-state index contributed by atoms with van der Waals surface area (Å²) in [6, 6.07) is 3.44. The molecule has 4 nitrogen and oxygen atoms in total. The molecule has 4 heteroatoms. The average molecular weight is 253 g/mol. The highest BCUT2D eigenvalue weighted by atomic mass is 16.5. The highest BCUT2D eigenvalue weighted by molar-refractivity contribution is 5.86. The molecule has 0 spiro atoms. The zero-order valence-corrected chi connectivity index (χ0v) is 11.5. The summed E-state index contributed by atoms with van der Waals surface area (Å²) >= 11 is 0. The standard InChI is InChI=1S/C14H23NO3/c1-11(2)6-4-5-9-15-10-12-7-8-13(18-12)14(16)17-3/h7-8,11,15H,4-6,9-10H2,1-3H3. The number of esters is 1. The van der Waals surface area contributed by atoms with E-state index in [4.69, 9.17) is 4.42 Å². The molecule has 0 aromatic carbocycles. The van der Waals surface area contributed by atoms with Crippen LogP contribution in [-0.2, 0) is 11.3 Å². The van der Waals surface area contributed by atoms with Crippen LogP contribution in [-0.4, -0.2) is 19.6 Å². The van der Waals surface area contributed by atoms with E-state index in [-0.39, 0.29) is 5.76 Å². The summed E-state index contributed by atoms with van der Waals surface area (Å²) in [4.78, 5) is 11.2. The highest BCUT2D eigenvalue weighted by Crippen LogP contribution is 2.09. The molecule has 1 rings (SSSR count). The van der Waals surface area contributed by atoms with E-state index in [1.54, 1.807) is 12.1 Å². The largest absolute Gasteiger partial charge is 0.463 e. The van der Waals surface area contributed by atoms with E-state index >= 15 is 0 Å². The number of unbranched alkanes of at least 4 members (excludes halogenated alkanes) is 1. The van der Waals surface area contributed by atoms with Crippen LogP contribution in [0, 0.1) is 5.92 Å². The number of rotatable bonds is 8. The maximum atomic E-state index is 11.2. The number of hydrogen-bond donors (Lipinski definition) is 1. The predicted octanol–water partition coefficient (Wildman–Crippen LogP) is 2.98. The summed E-state index contributed by atoms with van der Waals surface area (Å²) in [5.41, 5.74) is 0. The SMILES string of the molecule is COC(=O)c1ccc(CNCCCCC(C)C)o1. The maximum absolute atomic E-state index is 11.2. The van der Waals surface area contributed by atoms with Crippen molar-refractivity contribution >= 4 is 5.97 Å². The van der Waals surface area contributed by atoms with Crippen molar-refractivity contribution in [2.24, 2.45) is 5.92 Å². The highest BCUT2D eigenvalue weighted by Gasteiger charge is 2.10. The minimum atomic E-state index is -0.432. The van der Waals surface area contributed by atoms with E-state index in [0.29, 0.717) is 6.54 Å². The van der Waals surface area contributed by atoms with Crippen molar-refractivity contribution in [3.05, 3.63) is 23.7 Å². The fraction of sp³-hybridized carbons (Fsp3) is 0.643. The van der Waals surface area contributed by atoms with Crippen molar-refractivity contribution in [3.8, 4) is 0 Å². The molecule has 0 saturated carbocycles. The Morgan fingerprint density at radius 2 is 2.17 bits per heavy atom. The van der Waals surface area contributed by atoms with Gasteiger partial charge in [-0.1, -0.05) is 26.7 Å². The van der Waals surface area contributed by atoms with Gasteiger partial charge in [-0.2, -0.15) is 0 Å². The first-order valence-corrected chi connectivity index (χ1v) is 6.51. The van der Waals surface area contributed by atoms with Crippen LogP contribution in [0.15, 0.2) is 16.5 Å². The van der Waals surface area contributed by atoms with E-state index in [1.165, 1.54) is 26.4 Å². The molecule has 0 aliphatic carbocycles. The zero-order chi connectivity index (χ0) is 13.4. The predicted molar refractivity (Wildman–Crippen MR) is 70.4 cm³/mol. The Hall–Kier alpha value is -1.29. The number of methoxy groups -OCH3 is 1. The van der Waals surface area contributed by atoms with Gasteiger partial charge in [-0.15, -0.1) is 0 Å². The third-order valence-corrected chi connectivity index (χ3v) is 2.73. The molecule has 18 heavy (non-hydrogen) atoms. The number of ether oxygens (including phenoxy) is 1. The van der Waals surface area contributed by atoms with Gasteiger partial charge in [0.05, 0.1) is 13.7 Å². The molecule has 0 bridgehead atoms. The molecule has 0 atom stereocenters. The Kier molecular flexibility index (Phi) is 6.50. The number of furan rings is 1. The maximum Gasteiger partial charge on any atom is 0.373 e.